The molecule has 3 rings (SSSR count). The molecule has 1 aliphatic carbocycles. The third-order valence-corrected chi connectivity index (χ3v) is 5.47. The van der Waals surface area contributed by atoms with Crippen molar-refractivity contribution in [2.45, 2.75) is 25.7 Å². The molecule has 0 radical (unpaired) electrons. The van der Waals surface area contributed by atoms with Crippen LogP contribution in [0.25, 0.3) is 0 Å². The van der Waals surface area contributed by atoms with E-state index in [1.54, 1.807) is 24.3 Å². The van der Waals surface area contributed by atoms with E-state index in [9.17, 15) is 18.4 Å². The lowest BCUT2D eigenvalue weighted by Gasteiger charge is -2.29. The lowest BCUT2D eigenvalue weighted by Crippen LogP contribution is -2.40. The van der Waals surface area contributed by atoms with Crippen molar-refractivity contribution < 1.29 is 28.2 Å². The summed E-state index contributed by atoms with van der Waals surface area (Å²) in [6.07, 6.45) is 3.62. The van der Waals surface area contributed by atoms with Crippen molar-refractivity contribution in [3.8, 4) is 0 Å². The second-order valence-electron chi connectivity index (χ2n) is 7.75. The van der Waals surface area contributed by atoms with Crippen molar-refractivity contribution in [2.24, 2.45) is 11.8 Å². The second-order valence-corrected chi connectivity index (χ2v) is 7.75. The molecule has 0 aromatic heterocycles. The minimum atomic E-state index is -1.02. The van der Waals surface area contributed by atoms with E-state index in [0.717, 1.165) is 37.8 Å². The van der Waals surface area contributed by atoms with Gasteiger partial charge in [-0.25, -0.2) is 18.4 Å². The zero-order chi connectivity index (χ0) is 22.2. The number of hydrogen-bond donors (Lipinski definition) is 2. The highest BCUT2D eigenvalue weighted by molar-refractivity contribution is 5.99. The summed E-state index contributed by atoms with van der Waals surface area (Å²) in [6.45, 7) is 0.618. The molecule has 2 aromatic carbocycles. The third-order valence-electron chi connectivity index (χ3n) is 5.47. The molecule has 0 spiro atoms. The van der Waals surface area contributed by atoms with E-state index in [2.05, 4.69) is 5.32 Å². The Labute approximate surface area is 179 Å². The molecule has 166 valence electrons. The minimum absolute atomic E-state index is 0.238. The fraction of sp³-hybridized carbons (Fsp3) is 0.391. The minimum Gasteiger partial charge on any atom is -0.480 e. The van der Waals surface area contributed by atoms with Gasteiger partial charge in [0.2, 0.25) is 0 Å². The van der Waals surface area contributed by atoms with Crippen LogP contribution in [-0.4, -0.2) is 36.9 Å². The van der Waals surface area contributed by atoms with Gasteiger partial charge in [0.1, 0.15) is 6.61 Å². The number of nitrogens with one attached hydrogen (secondary N) is 1. The number of rotatable bonds is 8. The van der Waals surface area contributed by atoms with Crippen LogP contribution in [0, 0.1) is 23.5 Å². The summed E-state index contributed by atoms with van der Waals surface area (Å²) in [6, 6.07) is 11.8. The molecule has 0 heterocycles. The topological polar surface area (TPSA) is 78.9 Å². The fourth-order valence-corrected chi connectivity index (χ4v) is 3.81. The van der Waals surface area contributed by atoms with Gasteiger partial charge in [0.15, 0.2) is 11.6 Å². The molecule has 8 heteroatoms. The van der Waals surface area contributed by atoms with Crippen LogP contribution in [0.2, 0.25) is 0 Å². The Kier molecular flexibility index (Phi) is 7.94. The van der Waals surface area contributed by atoms with E-state index in [-0.39, 0.29) is 12.3 Å². The van der Waals surface area contributed by atoms with E-state index >= 15 is 0 Å². The Morgan fingerprint density at radius 3 is 2.29 bits per heavy atom. The number of carbonyl (C=O) groups excluding carboxylic acids is 1. The van der Waals surface area contributed by atoms with Crippen molar-refractivity contribution >= 4 is 23.4 Å². The molecular formula is C23H26F2N2O4. The lowest BCUT2D eigenvalue weighted by atomic mass is 9.82. The molecule has 31 heavy (non-hydrogen) atoms. The monoisotopic (exact) mass is 432 g/mol. The van der Waals surface area contributed by atoms with Crippen molar-refractivity contribution in [2.75, 3.05) is 24.7 Å². The maximum atomic E-state index is 13.8. The van der Waals surface area contributed by atoms with Crippen LogP contribution in [0.3, 0.4) is 0 Å². The zero-order valence-electron chi connectivity index (χ0n) is 17.1. The number of urea groups is 1. The molecule has 1 aliphatic rings. The van der Waals surface area contributed by atoms with Crippen molar-refractivity contribution in [3.63, 3.8) is 0 Å². The van der Waals surface area contributed by atoms with Crippen molar-refractivity contribution in [3.05, 3.63) is 60.2 Å². The first-order chi connectivity index (χ1) is 14.9. The van der Waals surface area contributed by atoms with Crippen LogP contribution in [0.1, 0.15) is 25.7 Å². The fourth-order valence-electron chi connectivity index (χ4n) is 3.81. The van der Waals surface area contributed by atoms with E-state index in [1.165, 1.54) is 11.0 Å². The third kappa shape index (κ3) is 6.49. The standard InChI is InChI=1S/C23H26F2N2O4/c24-20-11-10-19(12-21(20)25)27(18-4-2-1-3-5-18)23(30)26-13-16-6-8-17(9-7-16)14-31-15-22(28)29/h1-5,10-12,16-17H,6-9,13-15H2,(H,26,30)(H,28,29). The Morgan fingerprint density at radius 1 is 0.968 bits per heavy atom. The number of amides is 2. The maximum absolute atomic E-state index is 13.8. The Bertz CT molecular complexity index is 886. The van der Waals surface area contributed by atoms with Crippen LogP contribution in [0.15, 0.2) is 48.5 Å². The lowest BCUT2D eigenvalue weighted by molar-refractivity contribution is -0.142. The molecule has 6 nitrogen and oxygen atoms in total. The number of carboxylic acids is 1. The number of ether oxygens (including phenoxy) is 1. The predicted molar refractivity (Wildman–Crippen MR) is 112 cm³/mol. The van der Waals surface area contributed by atoms with Crippen molar-refractivity contribution in [1.82, 2.24) is 5.32 Å². The number of anilines is 2. The number of nitrogens with zero attached hydrogens (tertiary/aromatic N) is 1. The van der Waals surface area contributed by atoms with Gasteiger partial charge in [-0.1, -0.05) is 18.2 Å². The van der Waals surface area contributed by atoms with Gasteiger partial charge in [-0.3, -0.25) is 4.90 Å². The highest BCUT2D eigenvalue weighted by atomic mass is 19.2. The molecule has 0 unspecified atom stereocenters. The molecule has 1 saturated carbocycles. The SMILES string of the molecule is O=C(O)COCC1CCC(CNC(=O)N(c2ccccc2)c2ccc(F)c(F)c2)CC1. The van der Waals surface area contributed by atoms with Gasteiger partial charge in [0.05, 0.1) is 18.0 Å². The molecular weight excluding hydrogens is 406 g/mol. The van der Waals surface area contributed by atoms with Gasteiger partial charge in [0, 0.05) is 12.6 Å². The van der Waals surface area contributed by atoms with Gasteiger partial charge in [-0.15, -0.1) is 0 Å². The van der Waals surface area contributed by atoms with Gasteiger partial charge < -0.3 is 15.2 Å². The van der Waals surface area contributed by atoms with E-state index in [0.29, 0.717) is 30.7 Å². The van der Waals surface area contributed by atoms with Gasteiger partial charge in [0.25, 0.3) is 0 Å². The van der Waals surface area contributed by atoms with Crippen LogP contribution in [0.4, 0.5) is 25.0 Å². The maximum Gasteiger partial charge on any atom is 0.329 e. The van der Waals surface area contributed by atoms with Crippen LogP contribution in [0.5, 0.6) is 0 Å². The zero-order valence-corrected chi connectivity index (χ0v) is 17.1. The molecule has 1 fully saturated rings. The molecule has 2 N–H and O–H groups in total. The van der Waals surface area contributed by atoms with Crippen LogP contribution >= 0.6 is 0 Å². The smallest absolute Gasteiger partial charge is 0.329 e. The quantitative estimate of drug-likeness (QED) is 0.633. The number of carboxylic acid groups (broad SMARTS) is 1. The first-order valence-electron chi connectivity index (χ1n) is 10.3. The Balaban J connectivity index is 1.58. The van der Waals surface area contributed by atoms with Crippen molar-refractivity contribution in [1.29, 1.82) is 0 Å². The van der Waals surface area contributed by atoms with E-state index < -0.39 is 23.6 Å². The summed E-state index contributed by atoms with van der Waals surface area (Å²) in [5, 5.41) is 11.6. The Hall–Kier alpha value is -3.00. The molecule has 0 atom stereocenters. The number of para-hydroxylation sites is 1. The normalized spacial score (nSPS) is 18.4. The van der Waals surface area contributed by atoms with Gasteiger partial charge >= 0.3 is 12.0 Å². The first kappa shape index (κ1) is 22.7. The summed E-state index contributed by atoms with van der Waals surface area (Å²) in [4.78, 5) is 24.8. The van der Waals surface area contributed by atoms with E-state index in [4.69, 9.17) is 9.84 Å². The molecule has 2 amide bonds. The average molecular weight is 432 g/mol. The molecule has 0 bridgehead atoms. The Morgan fingerprint density at radius 2 is 1.65 bits per heavy atom. The molecule has 0 aliphatic heterocycles. The molecule has 2 aromatic rings. The summed E-state index contributed by atoms with van der Waals surface area (Å²) in [7, 11) is 0. The average Bonchev–Trinajstić information content (AvgIpc) is 2.76. The highest BCUT2D eigenvalue weighted by Gasteiger charge is 2.24. The number of benzene rings is 2. The van der Waals surface area contributed by atoms with Crippen LogP contribution < -0.4 is 10.2 Å². The van der Waals surface area contributed by atoms with Gasteiger partial charge in [-0.2, -0.15) is 0 Å². The summed E-state index contributed by atoms with van der Waals surface area (Å²) >= 11 is 0. The first-order valence-corrected chi connectivity index (χ1v) is 10.3. The number of aliphatic carboxylic acids is 1. The highest BCUT2D eigenvalue weighted by Crippen LogP contribution is 2.30. The molecule has 0 saturated heterocycles. The number of hydrogen-bond acceptors (Lipinski definition) is 3. The summed E-state index contributed by atoms with van der Waals surface area (Å²) in [5.41, 5.74) is 0.784. The van der Waals surface area contributed by atoms with Crippen LogP contribution in [-0.2, 0) is 9.53 Å². The number of carbonyl (C=O) groups is 2. The largest absolute Gasteiger partial charge is 0.480 e. The van der Waals surface area contributed by atoms with E-state index in [1.807, 2.05) is 6.07 Å². The number of halogens is 2. The predicted octanol–water partition coefficient (Wildman–Crippen LogP) is 4.72. The summed E-state index contributed by atoms with van der Waals surface area (Å²) in [5.74, 6) is -2.34. The second kappa shape index (κ2) is 10.9. The summed E-state index contributed by atoms with van der Waals surface area (Å²) < 4.78 is 32.3. The van der Waals surface area contributed by atoms with Gasteiger partial charge in [-0.05, 0) is 61.8 Å².